The summed E-state index contributed by atoms with van der Waals surface area (Å²) in [6, 6.07) is 11.8. The number of β-amino-alcohol motifs (C(OH)–C–C–N with tert-alkyl or cyclic N) is 1. The zero-order valence-electron chi connectivity index (χ0n) is 20.7. The summed E-state index contributed by atoms with van der Waals surface area (Å²) in [5.41, 5.74) is 1.73. The SMILES string of the molecule is Cc1cccc(S(=O)(=O)N2C[C@@H](O)COC[C@@H]3O[C@H](CC(=O)NCc4ccc5c(c4)OCO5)CC[C@H]32)c1. The molecule has 2 saturated heterocycles. The zero-order chi connectivity index (χ0) is 26.0. The van der Waals surface area contributed by atoms with Gasteiger partial charge < -0.3 is 29.4 Å². The molecule has 0 aliphatic carbocycles. The number of aliphatic hydroxyl groups is 1. The van der Waals surface area contributed by atoms with Crippen LogP contribution in [-0.2, 0) is 30.8 Å². The average molecular weight is 533 g/mol. The molecule has 3 heterocycles. The van der Waals surface area contributed by atoms with Crippen LogP contribution in [-0.4, -0.2) is 74.6 Å². The second kappa shape index (κ2) is 11.0. The molecular formula is C26H32N2O8S. The molecule has 4 atom stereocenters. The van der Waals surface area contributed by atoms with Gasteiger partial charge in [-0.2, -0.15) is 4.31 Å². The zero-order valence-corrected chi connectivity index (χ0v) is 21.5. The minimum atomic E-state index is -3.87. The number of nitrogens with zero attached hydrogens (tertiary/aromatic N) is 1. The van der Waals surface area contributed by atoms with E-state index in [0.29, 0.717) is 30.9 Å². The maximum Gasteiger partial charge on any atom is 0.243 e. The van der Waals surface area contributed by atoms with Crippen LogP contribution in [0.15, 0.2) is 47.4 Å². The van der Waals surface area contributed by atoms with Crippen LogP contribution in [0.1, 0.15) is 30.4 Å². The first kappa shape index (κ1) is 25.9. The van der Waals surface area contributed by atoms with Crippen LogP contribution in [0.2, 0.25) is 0 Å². The van der Waals surface area contributed by atoms with E-state index in [1.165, 1.54) is 4.31 Å². The van der Waals surface area contributed by atoms with Crippen molar-refractivity contribution in [3.8, 4) is 11.5 Å². The van der Waals surface area contributed by atoms with E-state index in [4.69, 9.17) is 18.9 Å². The number of benzene rings is 2. The van der Waals surface area contributed by atoms with Crippen LogP contribution >= 0.6 is 0 Å². The van der Waals surface area contributed by atoms with Gasteiger partial charge in [-0.05, 0) is 55.2 Å². The Morgan fingerprint density at radius 1 is 1.11 bits per heavy atom. The Hall–Kier alpha value is -2.70. The number of sulfonamides is 1. The van der Waals surface area contributed by atoms with Gasteiger partial charge >= 0.3 is 0 Å². The predicted octanol–water partition coefficient (Wildman–Crippen LogP) is 1.73. The number of hydrogen-bond acceptors (Lipinski definition) is 8. The highest BCUT2D eigenvalue weighted by Gasteiger charge is 2.43. The number of fused-ring (bicyclic) bond motifs is 2. The van der Waals surface area contributed by atoms with E-state index >= 15 is 0 Å². The monoisotopic (exact) mass is 532 g/mol. The molecule has 0 aromatic heterocycles. The minimum Gasteiger partial charge on any atom is -0.454 e. The third-order valence-electron chi connectivity index (χ3n) is 6.87. The first-order valence-electron chi connectivity index (χ1n) is 12.4. The van der Waals surface area contributed by atoms with Crippen molar-refractivity contribution in [3.05, 3.63) is 53.6 Å². The summed E-state index contributed by atoms with van der Waals surface area (Å²) in [5.74, 6) is 1.19. The molecule has 11 heteroatoms. The van der Waals surface area contributed by atoms with Gasteiger partial charge in [-0.15, -0.1) is 0 Å². The van der Waals surface area contributed by atoms with Gasteiger partial charge in [0.15, 0.2) is 11.5 Å². The van der Waals surface area contributed by atoms with Crippen molar-refractivity contribution in [2.45, 2.75) is 62.0 Å². The van der Waals surface area contributed by atoms with Gasteiger partial charge in [-0.25, -0.2) is 8.42 Å². The maximum absolute atomic E-state index is 13.6. The van der Waals surface area contributed by atoms with Gasteiger partial charge in [0.25, 0.3) is 0 Å². The molecule has 3 aliphatic heterocycles. The molecule has 5 rings (SSSR count). The van der Waals surface area contributed by atoms with Crippen molar-refractivity contribution >= 4 is 15.9 Å². The smallest absolute Gasteiger partial charge is 0.243 e. The third-order valence-corrected chi connectivity index (χ3v) is 8.76. The van der Waals surface area contributed by atoms with Crippen LogP contribution in [0, 0.1) is 6.92 Å². The lowest BCUT2D eigenvalue weighted by molar-refractivity contribution is -0.146. The van der Waals surface area contributed by atoms with Gasteiger partial charge in [-0.1, -0.05) is 18.2 Å². The van der Waals surface area contributed by atoms with Crippen molar-refractivity contribution in [1.82, 2.24) is 9.62 Å². The molecule has 10 nitrogen and oxygen atoms in total. The number of nitrogens with one attached hydrogen (secondary N) is 1. The Kier molecular flexibility index (Phi) is 7.68. The van der Waals surface area contributed by atoms with Crippen molar-refractivity contribution in [2.24, 2.45) is 0 Å². The summed E-state index contributed by atoms with van der Waals surface area (Å²) in [4.78, 5) is 12.9. The highest BCUT2D eigenvalue weighted by Crippen LogP contribution is 2.33. The Balaban J connectivity index is 1.23. The van der Waals surface area contributed by atoms with Crippen molar-refractivity contribution < 1.29 is 37.3 Å². The van der Waals surface area contributed by atoms with Crippen LogP contribution in [0.5, 0.6) is 11.5 Å². The molecule has 0 bridgehead atoms. The van der Waals surface area contributed by atoms with Gasteiger partial charge in [0, 0.05) is 13.1 Å². The summed E-state index contributed by atoms with van der Waals surface area (Å²) in [5, 5.41) is 13.3. The number of rotatable bonds is 6. The van der Waals surface area contributed by atoms with Gasteiger partial charge in [-0.3, -0.25) is 4.79 Å². The van der Waals surface area contributed by atoms with Crippen LogP contribution in [0.25, 0.3) is 0 Å². The molecular weight excluding hydrogens is 500 g/mol. The van der Waals surface area contributed by atoms with Crippen molar-refractivity contribution in [2.75, 3.05) is 26.6 Å². The molecule has 0 unspecified atom stereocenters. The number of aryl methyl sites for hydroxylation is 1. The largest absolute Gasteiger partial charge is 0.454 e. The standard InChI is InChI=1S/C26H32N2O8S/c1-17-3-2-4-21(9-17)37(31,32)28-13-19(29)14-33-15-25-22(28)7-6-20(36-25)11-26(30)27-12-18-5-8-23-24(10-18)35-16-34-23/h2-5,8-10,19-20,22,25,29H,6-7,11-16H2,1H3,(H,27,30)/t19-,20+,22-,25+/m1/s1. The number of amides is 1. The molecule has 0 saturated carbocycles. The van der Waals surface area contributed by atoms with E-state index in [0.717, 1.165) is 11.1 Å². The predicted molar refractivity (Wildman–Crippen MR) is 133 cm³/mol. The van der Waals surface area contributed by atoms with Crippen LogP contribution < -0.4 is 14.8 Å². The summed E-state index contributed by atoms with van der Waals surface area (Å²) >= 11 is 0. The second-order valence-corrected chi connectivity index (χ2v) is 11.6. The van der Waals surface area contributed by atoms with Crippen molar-refractivity contribution in [1.29, 1.82) is 0 Å². The van der Waals surface area contributed by atoms with Gasteiger partial charge in [0.2, 0.25) is 22.7 Å². The molecule has 37 heavy (non-hydrogen) atoms. The number of aliphatic hydroxyl groups excluding tert-OH is 1. The van der Waals surface area contributed by atoms with Gasteiger partial charge in [0.1, 0.15) is 0 Å². The van der Waals surface area contributed by atoms with Crippen LogP contribution in [0.3, 0.4) is 0 Å². The highest BCUT2D eigenvalue weighted by molar-refractivity contribution is 7.89. The normalized spacial score (nSPS) is 26.1. The highest BCUT2D eigenvalue weighted by atomic mass is 32.2. The number of carbonyl (C=O) groups is 1. The van der Waals surface area contributed by atoms with Gasteiger partial charge in [0.05, 0.1) is 48.9 Å². The second-order valence-electron chi connectivity index (χ2n) is 9.69. The molecule has 0 spiro atoms. The molecule has 200 valence electrons. The average Bonchev–Trinajstić information content (AvgIpc) is 3.33. The molecule has 2 aromatic carbocycles. The summed E-state index contributed by atoms with van der Waals surface area (Å²) < 4.78 is 51.1. The minimum absolute atomic E-state index is 0.00705. The fraction of sp³-hybridized carbons (Fsp3) is 0.500. The Labute approximate surface area is 216 Å². The molecule has 3 aliphatic rings. The van der Waals surface area contributed by atoms with E-state index in [1.807, 2.05) is 31.2 Å². The van der Waals surface area contributed by atoms with E-state index in [1.54, 1.807) is 18.2 Å². The quantitative estimate of drug-likeness (QED) is 0.577. The number of carbonyl (C=O) groups excluding carboxylic acids is 1. The molecule has 0 radical (unpaired) electrons. The Morgan fingerprint density at radius 3 is 2.78 bits per heavy atom. The molecule has 1 amide bonds. The van der Waals surface area contributed by atoms with Crippen molar-refractivity contribution in [3.63, 3.8) is 0 Å². The summed E-state index contributed by atoms with van der Waals surface area (Å²) in [6.45, 7) is 2.44. The fourth-order valence-electron chi connectivity index (χ4n) is 5.01. The number of hydrogen-bond donors (Lipinski definition) is 2. The summed E-state index contributed by atoms with van der Waals surface area (Å²) in [6.07, 6.45) is -0.705. The van der Waals surface area contributed by atoms with E-state index in [-0.39, 0.29) is 49.9 Å². The Morgan fingerprint density at radius 2 is 1.95 bits per heavy atom. The van der Waals surface area contributed by atoms with E-state index < -0.39 is 28.3 Å². The van der Waals surface area contributed by atoms with Crippen LogP contribution in [0.4, 0.5) is 0 Å². The summed E-state index contributed by atoms with van der Waals surface area (Å²) in [7, 11) is -3.87. The third kappa shape index (κ3) is 5.91. The molecule has 2 fully saturated rings. The van der Waals surface area contributed by atoms with E-state index in [2.05, 4.69) is 5.32 Å². The number of ether oxygens (including phenoxy) is 4. The fourth-order valence-corrected chi connectivity index (χ4v) is 6.83. The van der Waals surface area contributed by atoms with E-state index in [9.17, 15) is 18.3 Å². The lowest BCUT2D eigenvalue weighted by Crippen LogP contribution is -2.57. The Bertz CT molecular complexity index is 1240. The lowest BCUT2D eigenvalue weighted by Gasteiger charge is -2.43. The lowest BCUT2D eigenvalue weighted by atomic mass is 9.96. The molecule has 2 N–H and O–H groups in total. The first-order chi connectivity index (χ1) is 17.8. The maximum atomic E-state index is 13.6. The topological polar surface area (TPSA) is 124 Å². The first-order valence-corrected chi connectivity index (χ1v) is 13.9. The molecule has 2 aromatic rings.